The Kier molecular flexibility index (Phi) is 2.90. The van der Waals surface area contributed by atoms with Crippen LogP contribution in [-0.2, 0) is 11.2 Å². The number of aromatic nitrogens is 2. The van der Waals surface area contributed by atoms with Gasteiger partial charge in [-0.1, -0.05) is 0 Å². The van der Waals surface area contributed by atoms with E-state index in [9.17, 15) is 22.4 Å². The second-order valence-electron chi connectivity index (χ2n) is 3.35. The fourth-order valence-electron chi connectivity index (χ4n) is 1.27. The Balaban J connectivity index is 2.16. The Bertz CT molecular complexity index is 519. The van der Waals surface area contributed by atoms with E-state index in [0.717, 1.165) is 0 Å². The van der Waals surface area contributed by atoms with Crippen LogP contribution in [0.4, 0.5) is 17.6 Å². The van der Waals surface area contributed by atoms with E-state index in [2.05, 4.69) is 4.98 Å². The molecule has 0 amide bonds. The number of Topliss-reactive ketones (excluding diaryl/α,β-unsaturated/α-hetero) is 1. The van der Waals surface area contributed by atoms with Gasteiger partial charge in [-0.15, -0.1) is 11.3 Å². The highest BCUT2D eigenvalue weighted by Crippen LogP contribution is 2.25. The van der Waals surface area contributed by atoms with Gasteiger partial charge >= 0.3 is 12.3 Å². The number of ketones is 1. The van der Waals surface area contributed by atoms with Crippen molar-refractivity contribution in [1.82, 2.24) is 9.38 Å². The average Bonchev–Trinajstić information content (AvgIpc) is 2.77. The van der Waals surface area contributed by atoms with E-state index in [1.165, 1.54) is 21.9 Å². The molecular formula is C9H6F4N2OS. The van der Waals surface area contributed by atoms with Gasteiger partial charge in [-0.3, -0.25) is 9.20 Å². The van der Waals surface area contributed by atoms with Crippen LogP contribution in [0.3, 0.4) is 0 Å². The van der Waals surface area contributed by atoms with Gasteiger partial charge in [-0.2, -0.15) is 8.78 Å². The molecule has 2 aromatic heterocycles. The van der Waals surface area contributed by atoms with Gasteiger partial charge in [-0.25, -0.2) is 13.8 Å². The smallest absolute Gasteiger partial charge is 0.297 e. The summed E-state index contributed by atoms with van der Waals surface area (Å²) in [5.74, 6) is -6.44. The van der Waals surface area contributed by atoms with Crippen LogP contribution < -0.4 is 0 Å². The molecule has 0 aliphatic rings. The fourth-order valence-corrected chi connectivity index (χ4v) is 1.98. The molecule has 0 spiro atoms. The SMILES string of the molecule is O=C(Cc1cn2ccsc2n1)C(F)(F)C(F)F. The molecule has 0 bridgehead atoms. The van der Waals surface area contributed by atoms with Crippen molar-refractivity contribution in [1.29, 1.82) is 0 Å². The summed E-state index contributed by atoms with van der Waals surface area (Å²) in [4.78, 5) is 15.4. The number of thiazole rings is 1. The number of hydrogen-bond acceptors (Lipinski definition) is 3. The van der Waals surface area contributed by atoms with Gasteiger partial charge in [0.2, 0.25) is 5.78 Å². The summed E-state index contributed by atoms with van der Waals surface area (Å²) in [5.41, 5.74) is 0.0576. The second-order valence-corrected chi connectivity index (χ2v) is 4.22. The van der Waals surface area contributed by atoms with Crippen molar-refractivity contribution >= 4 is 22.1 Å². The van der Waals surface area contributed by atoms with Crippen molar-refractivity contribution in [2.24, 2.45) is 0 Å². The number of carbonyl (C=O) groups excluding carboxylic acids is 1. The molecule has 2 heterocycles. The van der Waals surface area contributed by atoms with Gasteiger partial charge in [-0.05, 0) is 0 Å². The van der Waals surface area contributed by atoms with Crippen LogP contribution in [0.15, 0.2) is 17.8 Å². The molecule has 0 atom stereocenters. The molecule has 2 aromatic rings. The molecule has 0 saturated heterocycles. The summed E-state index contributed by atoms with van der Waals surface area (Å²) in [5, 5.41) is 1.72. The Morgan fingerprint density at radius 3 is 2.82 bits per heavy atom. The molecular weight excluding hydrogens is 260 g/mol. The van der Waals surface area contributed by atoms with Crippen molar-refractivity contribution in [2.45, 2.75) is 18.8 Å². The number of carbonyl (C=O) groups is 1. The summed E-state index contributed by atoms with van der Waals surface area (Å²) in [6, 6.07) is 0. The predicted molar refractivity (Wildman–Crippen MR) is 52.7 cm³/mol. The number of nitrogens with zero attached hydrogens (tertiary/aromatic N) is 2. The first-order valence-corrected chi connectivity index (χ1v) is 5.39. The van der Waals surface area contributed by atoms with Gasteiger partial charge in [0.05, 0.1) is 12.1 Å². The molecule has 0 aliphatic heterocycles. The molecule has 0 N–H and O–H groups in total. The van der Waals surface area contributed by atoms with Crippen LogP contribution >= 0.6 is 11.3 Å². The van der Waals surface area contributed by atoms with E-state index in [0.29, 0.717) is 4.96 Å². The minimum Gasteiger partial charge on any atom is -0.297 e. The Morgan fingerprint density at radius 1 is 1.53 bits per heavy atom. The number of alkyl halides is 4. The first kappa shape index (κ1) is 12.0. The molecule has 8 heteroatoms. The molecule has 0 radical (unpaired) electrons. The quantitative estimate of drug-likeness (QED) is 0.796. The zero-order chi connectivity index (χ0) is 12.6. The van der Waals surface area contributed by atoms with E-state index in [4.69, 9.17) is 0 Å². The highest BCUT2D eigenvalue weighted by Gasteiger charge is 2.48. The third-order valence-corrected chi connectivity index (χ3v) is 2.90. The molecule has 3 nitrogen and oxygen atoms in total. The Hall–Kier alpha value is -1.44. The molecule has 0 aliphatic carbocycles. The largest absolute Gasteiger partial charge is 0.364 e. The first-order chi connectivity index (χ1) is 7.91. The molecule has 17 heavy (non-hydrogen) atoms. The van der Waals surface area contributed by atoms with Crippen LogP contribution in [0.1, 0.15) is 5.69 Å². The summed E-state index contributed by atoms with van der Waals surface area (Å²) in [6.45, 7) is 0. The third-order valence-electron chi connectivity index (χ3n) is 2.13. The highest BCUT2D eigenvalue weighted by atomic mass is 32.1. The van der Waals surface area contributed by atoms with E-state index in [1.54, 1.807) is 11.6 Å². The highest BCUT2D eigenvalue weighted by molar-refractivity contribution is 7.15. The Morgan fingerprint density at radius 2 is 2.24 bits per heavy atom. The van der Waals surface area contributed by atoms with Crippen LogP contribution in [0.25, 0.3) is 4.96 Å². The normalized spacial score (nSPS) is 12.5. The molecule has 92 valence electrons. The Labute approximate surface area is 96.7 Å². The van der Waals surface area contributed by atoms with E-state index in [1.807, 2.05) is 0 Å². The lowest BCUT2D eigenvalue weighted by Crippen LogP contribution is -2.37. The van der Waals surface area contributed by atoms with Crippen LogP contribution in [0, 0.1) is 0 Å². The summed E-state index contributed by atoms with van der Waals surface area (Å²) in [6.07, 6.45) is -1.79. The van der Waals surface area contributed by atoms with E-state index >= 15 is 0 Å². The molecule has 0 aromatic carbocycles. The maximum atomic E-state index is 12.7. The fraction of sp³-hybridized carbons (Fsp3) is 0.333. The lowest BCUT2D eigenvalue weighted by Gasteiger charge is -2.12. The van der Waals surface area contributed by atoms with Gasteiger partial charge in [0.15, 0.2) is 4.96 Å². The van der Waals surface area contributed by atoms with Crippen molar-refractivity contribution in [3.8, 4) is 0 Å². The summed E-state index contributed by atoms with van der Waals surface area (Å²) in [7, 11) is 0. The zero-order valence-electron chi connectivity index (χ0n) is 8.24. The number of imidazole rings is 1. The second kappa shape index (κ2) is 4.10. The van der Waals surface area contributed by atoms with E-state index < -0.39 is 24.6 Å². The monoisotopic (exact) mass is 266 g/mol. The number of rotatable bonds is 4. The van der Waals surface area contributed by atoms with Gasteiger partial charge < -0.3 is 0 Å². The number of hydrogen-bond donors (Lipinski definition) is 0. The molecule has 2 rings (SSSR count). The lowest BCUT2D eigenvalue weighted by atomic mass is 10.1. The van der Waals surface area contributed by atoms with Crippen molar-refractivity contribution in [3.63, 3.8) is 0 Å². The van der Waals surface area contributed by atoms with Gasteiger partial charge in [0.25, 0.3) is 0 Å². The van der Waals surface area contributed by atoms with Crippen LogP contribution in [0.5, 0.6) is 0 Å². The van der Waals surface area contributed by atoms with Crippen molar-refractivity contribution in [2.75, 3.05) is 0 Å². The summed E-state index contributed by atoms with van der Waals surface area (Å²) >= 11 is 1.25. The molecule has 0 fully saturated rings. The van der Waals surface area contributed by atoms with E-state index in [-0.39, 0.29) is 5.69 Å². The van der Waals surface area contributed by atoms with Gasteiger partial charge in [0, 0.05) is 17.8 Å². The standard InChI is InChI=1S/C9H6F4N2OS/c10-7(11)9(12,13)6(16)3-5-4-15-1-2-17-8(15)14-5/h1-2,4,7H,3H2. The minimum absolute atomic E-state index is 0.0576. The van der Waals surface area contributed by atoms with Gasteiger partial charge in [0.1, 0.15) is 0 Å². The maximum absolute atomic E-state index is 12.7. The zero-order valence-corrected chi connectivity index (χ0v) is 9.06. The third kappa shape index (κ3) is 2.17. The van der Waals surface area contributed by atoms with Crippen LogP contribution in [-0.4, -0.2) is 27.5 Å². The number of halogens is 4. The average molecular weight is 266 g/mol. The van der Waals surface area contributed by atoms with Crippen LogP contribution in [0.2, 0.25) is 0 Å². The minimum atomic E-state index is -4.61. The molecule has 0 saturated carbocycles. The topological polar surface area (TPSA) is 34.4 Å². The maximum Gasteiger partial charge on any atom is 0.364 e. The van der Waals surface area contributed by atoms with Crippen molar-refractivity contribution < 1.29 is 22.4 Å². The summed E-state index contributed by atoms with van der Waals surface area (Å²) < 4.78 is 50.7. The van der Waals surface area contributed by atoms with Crippen molar-refractivity contribution in [3.05, 3.63) is 23.5 Å². The first-order valence-electron chi connectivity index (χ1n) is 4.51. The predicted octanol–water partition coefficient (Wildman–Crippen LogP) is 2.41. The lowest BCUT2D eigenvalue weighted by molar-refractivity contribution is -0.166. The molecule has 0 unspecified atom stereocenters. The number of fused-ring (bicyclic) bond motifs is 1.